The number of thiazole rings is 1. The summed E-state index contributed by atoms with van der Waals surface area (Å²) in [5, 5.41) is 0.615. The molecule has 0 radical (unpaired) electrons. The Morgan fingerprint density at radius 3 is 2.50 bits per heavy atom. The molecule has 2 aromatic heterocycles. The lowest BCUT2D eigenvalue weighted by Crippen LogP contribution is -2.35. The first kappa shape index (κ1) is 17.1. The van der Waals surface area contributed by atoms with Gasteiger partial charge in [-0.15, -0.1) is 11.3 Å². The predicted molar refractivity (Wildman–Crippen MR) is 99.4 cm³/mol. The van der Waals surface area contributed by atoms with Crippen LogP contribution in [0.1, 0.15) is 50.0 Å². The van der Waals surface area contributed by atoms with Gasteiger partial charge in [-0.1, -0.05) is 0 Å². The van der Waals surface area contributed by atoms with E-state index in [1.54, 1.807) is 24.5 Å². The summed E-state index contributed by atoms with van der Waals surface area (Å²) >= 11 is 1.51. The molecule has 0 aromatic carbocycles. The van der Waals surface area contributed by atoms with Gasteiger partial charge in [0.1, 0.15) is 0 Å². The Labute approximate surface area is 156 Å². The standard InChI is InChI=1S/C19H22N4O2S/c24-18(14-5-4-8-20-13-14)23-11-6-15-16(7-12-23)26-17(21-15)19(25)22-9-2-1-3-10-22/h4-5,8,13H,1-3,6-7,9-12H2. The van der Waals surface area contributed by atoms with Crippen LogP contribution in [0.15, 0.2) is 24.5 Å². The Hall–Kier alpha value is -2.28. The molecule has 7 heteroatoms. The number of fused-ring (bicyclic) bond motifs is 1. The highest BCUT2D eigenvalue weighted by molar-refractivity contribution is 7.13. The van der Waals surface area contributed by atoms with Crippen LogP contribution in [0, 0.1) is 0 Å². The molecule has 0 aliphatic carbocycles. The molecule has 136 valence electrons. The zero-order valence-corrected chi connectivity index (χ0v) is 15.5. The fourth-order valence-electron chi connectivity index (χ4n) is 3.56. The summed E-state index contributed by atoms with van der Waals surface area (Å²) in [6.45, 7) is 2.97. The van der Waals surface area contributed by atoms with Gasteiger partial charge in [-0.25, -0.2) is 4.98 Å². The Bertz CT molecular complexity index is 774. The van der Waals surface area contributed by atoms with Crippen LogP contribution in [0.3, 0.4) is 0 Å². The number of amides is 2. The lowest BCUT2D eigenvalue weighted by Gasteiger charge is -2.25. The summed E-state index contributed by atoms with van der Waals surface area (Å²) in [4.78, 5) is 38.9. The van der Waals surface area contributed by atoms with Gasteiger partial charge in [0.05, 0.1) is 11.3 Å². The number of carbonyl (C=O) groups excluding carboxylic acids is 2. The van der Waals surface area contributed by atoms with E-state index in [-0.39, 0.29) is 11.8 Å². The van der Waals surface area contributed by atoms with Crippen LogP contribution in [-0.4, -0.2) is 57.8 Å². The summed E-state index contributed by atoms with van der Waals surface area (Å²) in [6, 6.07) is 3.57. The summed E-state index contributed by atoms with van der Waals surface area (Å²) in [7, 11) is 0. The quantitative estimate of drug-likeness (QED) is 0.814. The van der Waals surface area contributed by atoms with Gasteiger partial charge < -0.3 is 9.80 Å². The van der Waals surface area contributed by atoms with Crippen LogP contribution in [0.5, 0.6) is 0 Å². The van der Waals surface area contributed by atoms with Crippen molar-refractivity contribution >= 4 is 23.2 Å². The maximum atomic E-state index is 12.7. The van der Waals surface area contributed by atoms with Gasteiger partial charge in [0.25, 0.3) is 11.8 Å². The van der Waals surface area contributed by atoms with E-state index in [1.165, 1.54) is 17.8 Å². The van der Waals surface area contributed by atoms with Crippen molar-refractivity contribution in [2.45, 2.75) is 32.1 Å². The predicted octanol–water partition coefficient (Wildman–Crippen LogP) is 2.41. The van der Waals surface area contributed by atoms with Gasteiger partial charge in [0.2, 0.25) is 0 Å². The Morgan fingerprint density at radius 2 is 1.73 bits per heavy atom. The molecule has 2 amide bonds. The lowest BCUT2D eigenvalue weighted by atomic mass is 10.1. The topological polar surface area (TPSA) is 66.4 Å². The van der Waals surface area contributed by atoms with E-state index < -0.39 is 0 Å². The fourth-order valence-corrected chi connectivity index (χ4v) is 4.63. The van der Waals surface area contributed by atoms with Gasteiger partial charge >= 0.3 is 0 Å². The van der Waals surface area contributed by atoms with Gasteiger partial charge in [-0.3, -0.25) is 14.6 Å². The van der Waals surface area contributed by atoms with Crippen molar-refractivity contribution in [3.63, 3.8) is 0 Å². The minimum Gasteiger partial charge on any atom is -0.338 e. The fraction of sp³-hybridized carbons (Fsp3) is 0.474. The molecule has 0 bridgehead atoms. The largest absolute Gasteiger partial charge is 0.338 e. The van der Waals surface area contributed by atoms with E-state index >= 15 is 0 Å². The van der Waals surface area contributed by atoms with E-state index in [0.717, 1.165) is 42.9 Å². The number of hydrogen-bond acceptors (Lipinski definition) is 5. The third kappa shape index (κ3) is 3.49. The van der Waals surface area contributed by atoms with Crippen molar-refractivity contribution in [3.05, 3.63) is 45.7 Å². The molecule has 0 N–H and O–H groups in total. The lowest BCUT2D eigenvalue weighted by molar-refractivity contribution is 0.0721. The van der Waals surface area contributed by atoms with Crippen LogP contribution in [0.2, 0.25) is 0 Å². The highest BCUT2D eigenvalue weighted by Gasteiger charge is 2.26. The van der Waals surface area contributed by atoms with Crippen LogP contribution in [0.25, 0.3) is 0 Å². The molecule has 0 spiro atoms. The molecule has 2 aromatic rings. The Balaban J connectivity index is 1.44. The van der Waals surface area contributed by atoms with Crippen LogP contribution >= 0.6 is 11.3 Å². The smallest absolute Gasteiger partial charge is 0.282 e. The molecule has 2 aliphatic heterocycles. The number of aromatic nitrogens is 2. The van der Waals surface area contributed by atoms with E-state index in [0.29, 0.717) is 30.1 Å². The Kier molecular flexibility index (Phi) is 4.97. The van der Waals surface area contributed by atoms with Crippen molar-refractivity contribution in [1.82, 2.24) is 19.8 Å². The summed E-state index contributed by atoms with van der Waals surface area (Å²) in [6.07, 6.45) is 8.11. The number of pyridine rings is 1. The third-order valence-corrected chi connectivity index (χ3v) is 6.17. The molecule has 26 heavy (non-hydrogen) atoms. The molecule has 0 unspecified atom stereocenters. The molecule has 4 heterocycles. The van der Waals surface area contributed by atoms with Crippen LogP contribution in [0.4, 0.5) is 0 Å². The number of carbonyl (C=O) groups is 2. The molecule has 0 atom stereocenters. The van der Waals surface area contributed by atoms with Gasteiger partial charge in [-0.05, 0) is 31.4 Å². The number of likely N-dealkylation sites (tertiary alicyclic amines) is 1. The highest BCUT2D eigenvalue weighted by atomic mass is 32.1. The van der Waals surface area contributed by atoms with Crippen molar-refractivity contribution in [2.75, 3.05) is 26.2 Å². The maximum absolute atomic E-state index is 12.7. The average molecular weight is 370 g/mol. The van der Waals surface area contributed by atoms with Crippen molar-refractivity contribution in [3.8, 4) is 0 Å². The minimum absolute atomic E-state index is 0.0119. The minimum atomic E-state index is 0.0119. The average Bonchev–Trinajstić information content (AvgIpc) is 3.01. The SMILES string of the molecule is O=C(c1cccnc1)N1CCc2nc(C(=O)N3CCCCC3)sc2CC1. The monoisotopic (exact) mass is 370 g/mol. The second kappa shape index (κ2) is 7.53. The van der Waals surface area contributed by atoms with Crippen molar-refractivity contribution in [2.24, 2.45) is 0 Å². The van der Waals surface area contributed by atoms with E-state index in [9.17, 15) is 9.59 Å². The molecule has 1 fully saturated rings. The highest BCUT2D eigenvalue weighted by Crippen LogP contribution is 2.25. The first-order chi connectivity index (χ1) is 12.7. The third-order valence-electron chi connectivity index (χ3n) is 5.03. The zero-order valence-electron chi connectivity index (χ0n) is 14.7. The van der Waals surface area contributed by atoms with E-state index in [2.05, 4.69) is 9.97 Å². The molecule has 0 saturated carbocycles. The molecular weight excluding hydrogens is 348 g/mol. The normalized spacial score (nSPS) is 17.5. The van der Waals surface area contributed by atoms with Gasteiger partial charge in [0.15, 0.2) is 5.01 Å². The summed E-state index contributed by atoms with van der Waals surface area (Å²) in [5.74, 6) is 0.0870. The summed E-state index contributed by atoms with van der Waals surface area (Å²) in [5.41, 5.74) is 1.60. The second-order valence-corrected chi connectivity index (χ2v) is 7.86. The van der Waals surface area contributed by atoms with Crippen molar-refractivity contribution in [1.29, 1.82) is 0 Å². The number of hydrogen-bond donors (Lipinski definition) is 0. The molecule has 6 nitrogen and oxygen atoms in total. The first-order valence-electron chi connectivity index (χ1n) is 9.19. The second-order valence-electron chi connectivity index (χ2n) is 6.78. The molecule has 2 aliphatic rings. The van der Waals surface area contributed by atoms with Gasteiger partial charge in [-0.2, -0.15) is 0 Å². The van der Waals surface area contributed by atoms with E-state index in [4.69, 9.17) is 0 Å². The van der Waals surface area contributed by atoms with Crippen LogP contribution in [-0.2, 0) is 12.8 Å². The first-order valence-corrected chi connectivity index (χ1v) is 10.0. The van der Waals surface area contributed by atoms with Crippen molar-refractivity contribution < 1.29 is 9.59 Å². The van der Waals surface area contributed by atoms with E-state index in [1.807, 2.05) is 9.80 Å². The Morgan fingerprint density at radius 1 is 0.962 bits per heavy atom. The number of nitrogens with zero attached hydrogens (tertiary/aromatic N) is 4. The molecule has 1 saturated heterocycles. The number of piperidine rings is 1. The molecular formula is C19H22N4O2S. The maximum Gasteiger partial charge on any atom is 0.282 e. The van der Waals surface area contributed by atoms with Gasteiger partial charge in [0, 0.05) is 56.3 Å². The van der Waals surface area contributed by atoms with Crippen LogP contribution < -0.4 is 0 Å². The zero-order chi connectivity index (χ0) is 17.9. The summed E-state index contributed by atoms with van der Waals surface area (Å²) < 4.78 is 0. The number of rotatable bonds is 2. The molecule has 4 rings (SSSR count).